The normalized spacial score (nSPS) is 38.4. The van der Waals surface area contributed by atoms with Crippen LogP contribution in [-0.2, 0) is 24.0 Å². The number of carbonyl (C=O) groups excluding carboxylic acids is 1. The third-order valence-corrected chi connectivity index (χ3v) is 9.72. The summed E-state index contributed by atoms with van der Waals surface area (Å²) in [6.07, 6.45) is 16.8. The summed E-state index contributed by atoms with van der Waals surface area (Å²) in [4.78, 5) is 29.1. The highest BCUT2D eigenvalue weighted by Crippen LogP contribution is 2.40. The quantitative estimate of drug-likeness (QED) is 0.216. The second-order valence-electron chi connectivity index (χ2n) is 12.5. The number of hydrogen-bond acceptors (Lipinski definition) is 6. The van der Waals surface area contributed by atoms with Crippen molar-refractivity contribution in [3.05, 3.63) is 0 Å². The standard InChI is InChI=1S/C29H48O7/c1-19-7-14-25(28(30)31)26(15-19)29(32)36-24-12-10-23(11-13-24)35-27-17-21(8-9-22(27)18-34-33)16-20-5-3-2-4-6-20/h19-27,33H,2-18H2,1H3,(H,30,31). The molecular formula is C29H48O7. The summed E-state index contributed by atoms with van der Waals surface area (Å²) >= 11 is 0. The summed E-state index contributed by atoms with van der Waals surface area (Å²) in [5.41, 5.74) is 0. The fourth-order valence-corrected chi connectivity index (χ4v) is 7.56. The molecule has 6 atom stereocenters. The highest BCUT2D eigenvalue weighted by molar-refractivity contribution is 5.81. The maximum absolute atomic E-state index is 12.9. The maximum Gasteiger partial charge on any atom is 0.310 e. The van der Waals surface area contributed by atoms with Crippen LogP contribution >= 0.6 is 0 Å². The summed E-state index contributed by atoms with van der Waals surface area (Å²) in [6, 6.07) is 0. The SMILES string of the molecule is CC1CCC(C(=O)O)C(C(=O)OC2CCC(OC3CC(CC4CCCCC4)CCC3COO)CC2)C1. The number of carboxylic acid groups (broad SMARTS) is 1. The predicted molar refractivity (Wildman–Crippen MR) is 135 cm³/mol. The molecule has 2 N–H and O–H groups in total. The van der Waals surface area contributed by atoms with Gasteiger partial charge in [0.25, 0.3) is 0 Å². The van der Waals surface area contributed by atoms with Gasteiger partial charge < -0.3 is 14.6 Å². The fourth-order valence-electron chi connectivity index (χ4n) is 7.56. The van der Waals surface area contributed by atoms with Crippen molar-refractivity contribution in [2.75, 3.05) is 6.61 Å². The lowest BCUT2D eigenvalue weighted by Crippen LogP contribution is -2.40. The van der Waals surface area contributed by atoms with Gasteiger partial charge in [-0.2, -0.15) is 0 Å². The monoisotopic (exact) mass is 508 g/mol. The summed E-state index contributed by atoms with van der Waals surface area (Å²) in [6.45, 7) is 2.42. The van der Waals surface area contributed by atoms with Gasteiger partial charge in [0.2, 0.25) is 0 Å². The summed E-state index contributed by atoms with van der Waals surface area (Å²) in [7, 11) is 0. The van der Waals surface area contributed by atoms with Crippen LogP contribution in [0.25, 0.3) is 0 Å². The molecule has 4 saturated carbocycles. The van der Waals surface area contributed by atoms with E-state index in [0.29, 0.717) is 31.3 Å². The zero-order valence-corrected chi connectivity index (χ0v) is 22.2. The van der Waals surface area contributed by atoms with Gasteiger partial charge in [0.05, 0.1) is 30.7 Å². The van der Waals surface area contributed by atoms with Crippen LogP contribution in [0.5, 0.6) is 0 Å². The van der Waals surface area contributed by atoms with Gasteiger partial charge in [0, 0.05) is 5.92 Å². The topological polar surface area (TPSA) is 102 Å². The first-order valence-corrected chi connectivity index (χ1v) is 14.8. The van der Waals surface area contributed by atoms with Crippen molar-refractivity contribution in [2.45, 2.75) is 128 Å². The highest BCUT2D eigenvalue weighted by atomic mass is 17.1. The van der Waals surface area contributed by atoms with Gasteiger partial charge >= 0.3 is 11.9 Å². The van der Waals surface area contributed by atoms with E-state index in [-0.39, 0.29) is 30.2 Å². The van der Waals surface area contributed by atoms with Gasteiger partial charge in [0.1, 0.15) is 6.10 Å². The van der Waals surface area contributed by atoms with Crippen molar-refractivity contribution in [3.63, 3.8) is 0 Å². The highest BCUT2D eigenvalue weighted by Gasteiger charge is 2.41. The summed E-state index contributed by atoms with van der Waals surface area (Å²) < 4.78 is 12.5. The van der Waals surface area contributed by atoms with Gasteiger partial charge in [-0.15, -0.1) is 0 Å². The molecule has 0 aliphatic heterocycles. The lowest BCUT2D eigenvalue weighted by atomic mass is 9.74. The molecule has 0 heterocycles. The van der Waals surface area contributed by atoms with Crippen molar-refractivity contribution < 1.29 is 34.3 Å². The Balaban J connectivity index is 1.24. The zero-order chi connectivity index (χ0) is 25.5. The Hall–Kier alpha value is -1.18. The van der Waals surface area contributed by atoms with Crippen LogP contribution < -0.4 is 0 Å². The number of rotatable bonds is 9. The summed E-state index contributed by atoms with van der Waals surface area (Å²) in [5, 5.41) is 18.7. The van der Waals surface area contributed by atoms with E-state index in [4.69, 9.17) is 14.7 Å². The number of carbonyl (C=O) groups is 2. The maximum atomic E-state index is 12.9. The van der Waals surface area contributed by atoms with Crippen molar-refractivity contribution in [1.82, 2.24) is 0 Å². The van der Waals surface area contributed by atoms with E-state index in [9.17, 15) is 14.7 Å². The number of ether oxygens (including phenoxy) is 2. The fraction of sp³-hybridized carbons (Fsp3) is 0.931. The third kappa shape index (κ3) is 7.67. The molecule has 7 heteroatoms. The van der Waals surface area contributed by atoms with Crippen LogP contribution in [-0.4, -0.2) is 47.2 Å². The molecule has 36 heavy (non-hydrogen) atoms. The van der Waals surface area contributed by atoms with E-state index in [0.717, 1.165) is 50.9 Å². The van der Waals surface area contributed by atoms with Crippen molar-refractivity contribution >= 4 is 11.9 Å². The minimum Gasteiger partial charge on any atom is -0.481 e. The molecule has 0 aromatic carbocycles. The minimum absolute atomic E-state index is 0.114. The lowest BCUT2D eigenvalue weighted by Gasteiger charge is -2.40. The lowest BCUT2D eigenvalue weighted by molar-refractivity contribution is -0.262. The molecule has 0 aromatic rings. The van der Waals surface area contributed by atoms with Crippen molar-refractivity contribution in [1.29, 1.82) is 0 Å². The molecule has 0 amide bonds. The first kappa shape index (κ1) is 27.8. The van der Waals surface area contributed by atoms with Crippen LogP contribution in [0.4, 0.5) is 0 Å². The molecule has 0 aromatic heterocycles. The molecule has 0 radical (unpaired) electrons. The first-order chi connectivity index (χ1) is 17.4. The van der Waals surface area contributed by atoms with Crippen LogP contribution in [0.3, 0.4) is 0 Å². The van der Waals surface area contributed by atoms with E-state index < -0.39 is 17.8 Å². The summed E-state index contributed by atoms with van der Waals surface area (Å²) in [5.74, 6) is -0.189. The van der Waals surface area contributed by atoms with Crippen LogP contribution in [0, 0.1) is 35.5 Å². The molecule has 0 saturated heterocycles. The number of hydrogen-bond donors (Lipinski definition) is 2. The van der Waals surface area contributed by atoms with E-state index in [1.165, 1.54) is 44.9 Å². The molecule has 4 aliphatic carbocycles. The first-order valence-electron chi connectivity index (χ1n) is 14.8. The Kier molecular flexibility index (Phi) is 10.5. The van der Waals surface area contributed by atoms with Gasteiger partial charge in [-0.25, -0.2) is 4.89 Å². The Morgan fingerprint density at radius 3 is 2.19 bits per heavy atom. The third-order valence-electron chi connectivity index (χ3n) is 9.72. The van der Waals surface area contributed by atoms with E-state index in [1.807, 2.05) is 0 Å². The van der Waals surface area contributed by atoms with Crippen LogP contribution in [0.15, 0.2) is 0 Å². The van der Waals surface area contributed by atoms with Crippen molar-refractivity contribution in [2.24, 2.45) is 35.5 Å². The number of carboxylic acids is 1. The Labute approximate surface area is 216 Å². The van der Waals surface area contributed by atoms with Crippen molar-refractivity contribution in [3.8, 4) is 0 Å². The Bertz CT molecular complexity index is 698. The number of esters is 1. The van der Waals surface area contributed by atoms with E-state index >= 15 is 0 Å². The van der Waals surface area contributed by atoms with Gasteiger partial charge in [-0.3, -0.25) is 14.8 Å². The average Bonchev–Trinajstić information content (AvgIpc) is 2.87. The number of aliphatic carboxylic acids is 1. The zero-order valence-electron chi connectivity index (χ0n) is 22.2. The molecule has 6 unspecified atom stereocenters. The molecule has 7 nitrogen and oxygen atoms in total. The van der Waals surface area contributed by atoms with Crippen LogP contribution in [0.2, 0.25) is 0 Å². The molecule has 206 valence electrons. The van der Waals surface area contributed by atoms with Crippen LogP contribution in [0.1, 0.15) is 110 Å². The van der Waals surface area contributed by atoms with Gasteiger partial charge in [-0.1, -0.05) is 39.0 Å². The molecule has 4 fully saturated rings. The Morgan fingerprint density at radius 1 is 0.778 bits per heavy atom. The molecule has 4 aliphatic rings. The second-order valence-corrected chi connectivity index (χ2v) is 12.5. The molecule has 0 spiro atoms. The minimum atomic E-state index is -0.878. The van der Waals surface area contributed by atoms with E-state index in [2.05, 4.69) is 11.8 Å². The average molecular weight is 509 g/mol. The Morgan fingerprint density at radius 2 is 1.50 bits per heavy atom. The predicted octanol–water partition coefficient (Wildman–Crippen LogP) is 6.24. The van der Waals surface area contributed by atoms with E-state index in [1.54, 1.807) is 0 Å². The molecular weight excluding hydrogens is 460 g/mol. The smallest absolute Gasteiger partial charge is 0.310 e. The van der Waals surface area contributed by atoms with Gasteiger partial charge in [0.15, 0.2) is 0 Å². The largest absolute Gasteiger partial charge is 0.481 e. The molecule has 4 rings (SSSR count). The second kappa shape index (κ2) is 13.6. The van der Waals surface area contributed by atoms with Gasteiger partial charge in [-0.05, 0) is 88.4 Å². The molecule has 0 bridgehead atoms.